The monoisotopic (exact) mass is 284 g/mol. The summed E-state index contributed by atoms with van der Waals surface area (Å²) in [5.41, 5.74) is 0.478. The molecule has 0 aliphatic carbocycles. The molecule has 5 heteroatoms. The first kappa shape index (κ1) is 15.5. The van der Waals surface area contributed by atoms with Crippen molar-refractivity contribution in [1.29, 1.82) is 0 Å². The van der Waals surface area contributed by atoms with E-state index in [0.717, 1.165) is 0 Å². The maximum Gasteiger partial charge on any atom is 0.303 e. The van der Waals surface area contributed by atoms with Gasteiger partial charge in [0.15, 0.2) is 5.78 Å². The Labute approximate surface area is 117 Å². The Kier molecular flexibility index (Phi) is 5.83. The van der Waals surface area contributed by atoms with Gasteiger partial charge in [-0.15, -0.1) is 0 Å². The van der Waals surface area contributed by atoms with E-state index in [2.05, 4.69) is 0 Å². The molecule has 1 aromatic rings. The van der Waals surface area contributed by atoms with E-state index in [4.69, 9.17) is 21.4 Å². The number of ketones is 1. The van der Waals surface area contributed by atoms with Crippen LogP contribution in [0.5, 0.6) is 5.75 Å². The number of hydrogen-bond donors (Lipinski definition) is 1. The minimum atomic E-state index is -0.897. The average molecular weight is 285 g/mol. The number of hydrogen-bond acceptors (Lipinski definition) is 3. The lowest BCUT2D eigenvalue weighted by Crippen LogP contribution is -2.07. The Bertz CT molecular complexity index is 469. The molecule has 1 N–H and O–H groups in total. The number of ether oxygens (including phenoxy) is 1. The highest BCUT2D eigenvalue weighted by atomic mass is 35.5. The molecule has 4 nitrogen and oxygen atoms in total. The first-order valence-electron chi connectivity index (χ1n) is 6.11. The SMILES string of the molecule is CC(C)Oc1ccc(C(=O)CCCC(=O)O)cc1Cl. The van der Waals surface area contributed by atoms with Crippen molar-refractivity contribution in [1.82, 2.24) is 0 Å². The Morgan fingerprint density at radius 3 is 2.53 bits per heavy atom. The summed E-state index contributed by atoms with van der Waals surface area (Å²) < 4.78 is 5.47. The van der Waals surface area contributed by atoms with Gasteiger partial charge in [-0.2, -0.15) is 0 Å². The van der Waals surface area contributed by atoms with Crippen molar-refractivity contribution in [2.75, 3.05) is 0 Å². The molecule has 0 aromatic heterocycles. The summed E-state index contributed by atoms with van der Waals surface area (Å²) in [6.07, 6.45) is 0.534. The van der Waals surface area contributed by atoms with Gasteiger partial charge < -0.3 is 9.84 Å². The fourth-order valence-corrected chi connectivity index (χ4v) is 1.79. The quantitative estimate of drug-likeness (QED) is 0.778. The van der Waals surface area contributed by atoms with E-state index in [1.54, 1.807) is 18.2 Å². The largest absolute Gasteiger partial charge is 0.489 e. The van der Waals surface area contributed by atoms with Crippen molar-refractivity contribution < 1.29 is 19.4 Å². The van der Waals surface area contributed by atoms with Gasteiger partial charge in [0.25, 0.3) is 0 Å². The van der Waals surface area contributed by atoms with Crippen LogP contribution in [-0.2, 0) is 4.79 Å². The third kappa shape index (κ3) is 5.30. The van der Waals surface area contributed by atoms with Gasteiger partial charge in [-0.3, -0.25) is 9.59 Å². The Morgan fingerprint density at radius 1 is 1.32 bits per heavy atom. The van der Waals surface area contributed by atoms with Crippen LogP contribution < -0.4 is 4.74 Å². The second-order valence-corrected chi connectivity index (χ2v) is 4.89. The Hall–Kier alpha value is -1.55. The number of aliphatic carboxylic acids is 1. The van der Waals surface area contributed by atoms with E-state index < -0.39 is 5.97 Å². The van der Waals surface area contributed by atoms with Crippen LogP contribution in [0.3, 0.4) is 0 Å². The molecule has 1 rings (SSSR count). The van der Waals surface area contributed by atoms with Crippen molar-refractivity contribution in [3.05, 3.63) is 28.8 Å². The standard InChI is InChI=1S/C14H17ClO4/c1-9(2)19-13-7-6-10(8-11(13)15)12(16)4-3-5-14(17)18/h6-9H,3-5H2,1-2H3,(H,17,18). The summed E-state index contributed by atoms with van der Waals surface area (Å²) in [4.78, 5) is 22.2. The van der Waals surface area contributed by atoms with Gasteiger partial charge in [-0.25, -0.2) is 0 Å². The lowest BCUT2D eigenvalue weighted by atomic mass is 10.1. The van der Waals surface area contributed by atoms with E-state index >= 15 is 0 Å². The van der Waals surface area contributed by atoms with Crippen molar-refractivity contribution in [3.63, 3.8) is 0 Å². The molecule has 19 heavy (non-hydrogen) atoms. The second-order valence-electron chi connectivity index (χ2n) is 4.48. The highest BCUT2D eigenvalue weighted by Gasteiger charge is 2.11. The van der Waals surface area contributed by atoms with Crippen LogP contribution in [0.4, 0.5) is 0 Å². The molecular formula is C14H17ClO4. The van der Waals surface area contributed by atoms with Gasteiger partial charge in [-0.05, 0) is 38.5 Å². The maximum absolute atomic E-state index is 11.8. The molecule has 0 aliphatic rings. The molecule has 1 aromatic carbocycles. The number of benzene rings is 1. The molecule has 0 saturated carbocycles. The van der Waals surface area contributed by atoms with E-state index in [1.807, 2.05) is 13.8 Å². The topological polar surface area (TPSA) is 63.6 Å². The number of rotatable bonds is 7. The Balaban J connectivity index is 2.66. The molecule has 104 valence electrons. The normalized spacial score (nSPS) is 10.5. The number of halogens is 1. The van der Waals surface area contributed by atoms with Crippen molar-refractivity contribution in [3.8, 4) is 5.75 Å². The summed E-state index contributed by atoms with van der Waals surface area (Å²) in [7, 11) is 0. The van der Waals surface area contributed by atoms with Crippen LogP contribution in [0.2, 0.25) is 5.02 Å². The van der Waals surface area contributed by atoms with Crippen LogP contribution in [0, 0.1) is 0 Å². The molecule has 0 bridgehead atoms. The first-order valence-corrected chi connectivity index (χ1v) is 6.49. The summed E-state index contributed by atoms with van der Waals surface area (Å²) in [6, 6.07) is 4.86. The predicted octanol–water partition coefficient (Wildman–Crippen LogP) is 3.56. The van der Waals surface area contributed by atoms with Crippen LogP contribution in [0.1, 0.15) is 43.5 Å². The molecule has 0 fully saturated rings. The molecule has 0 amide bonds. The molecule has 0 heterocycles. The van der Waals surface area contributed by atoms with Gasteiger partial charge in [0.1, 0.15) is 5.75 Å². The van der Waals surface area contributed by atoms with Crippen molar-refractivity contribution in [2.45, 2.75) is 39.2 Å². The van der Waals surface area contributed by atoms with Crippen LogP contribution in [0.25, 0.3) is 0 Å². The molecule has 0 unspecified atom stereocenters. The fourth-order valence-electron chi connectivity index (χ4n) is 1.57. The minimum absolute atomic E-state index is 0.00594. The summed E-state index contributed by atoms with van der Waals surface area (Å²) in [5.74, 6) is -0.468. The first-order chi connectivity index (χ1) is 8.90. The summed E-state index contributed by atoms with van der Waals surface area (Å²) in [6.45, 7) is 3.78. The zero-order chi connectivity index (χ0) is 14.4. The molecule has 0 aliphatic heterocycles. The van der Waals surface area contributed by atoms with Gasteiger partial charge >= 0.3 is 5.97 Å². The van der Waals surface area contributed by atoms with E-state index in [0.29, 0.717) is 22.8 Å². The average Bonchev–Trinajstić information content (AvgIpc) is 2.30. The van der Waals surface area contributed by atoms with Gasteiger partial charge in [0.2, 0.25) is 0 Å². The smallest absolute Gasteiger partial charge is 0.303 e. The van der Waals surface area contributed by atoms with Crippen molar-refractivity contribution in [2.24, 2.45) is 0 Å². The lowest BCUT2D eigenvalue weighted by molar-refractivity contribution is -0.137. The highest BCUT2D eigenvalue weighted by Crippen LogP contribution is 2.27. The number of carbonyl (C=O) groups is 2. The van der Waals surface area contributed by atoms with Crippen LogP contribution >= 0.6 is 11.6 Å². The van der Waals surface area contributed by atoms with Crippen LogP contribution in [0.15, 0.2) is 18.2 Å². The number of carboxylic acids is 1. The number of carboxylic acid groups (broad SMARTS) is 1. The summed E-state index contributed by atoms with van der Waals surface area (Å²) in [5, 5.41) is 8.90. The zero-order valence-corrected chi connectivity index (χ0v) is 11.7. The molecule has 0 spiro atoms. The van der Waals surface area contributed by atoms with Gasteiger partial charge in [0.05, 0.1) is 11.1 Å². The highest BCUT2D eigenvalue weighted by molar-refractivity contribution is 6.32. The zero-order valence-electron chi connectivity index (χ0n) is 11.0. The number of carbonyl (C=O) groups excluding carboxylic acids is 1. The van der Waals surface area contributed by atoms with Crippen LogP contribution in [-0.4, -0.2) is 23.0 Å². The fraction of sp³-hybridized carbons (Fsp3) is 0.429. The molecule has 0 radical (unpaired) electrons. The third-order valence-electron chi connectivity index (χ3n) is 2.41. The molecule has 0 atom stereocenters. The maximum atomic E-state index is 11.8. The molecule has 0 saturated heterocycles. The lowest BCUT2D eigenvalue weighted by Gasteiger charge is -2.11. The third-order valence-corrected chi connectivity index (χ3v) is 2.71. The second kappa shape index (κ2) is 7.14. The molecular weight excluding hydrogens is 268 g/mol. The summed E-state index contributed by atoms with van der Waals surface area (Å²) >= 11 is 6.03. The Morgan fingerprint density at radius 2 is 2.00 bits per heavy atom. The minimum Gasteiger partial charge on any atom is -0.489 e. The van der Waals surface area contributed by atoms with E-state index in [9.17, 15) is 9.59 Å². The van der Waals surface area contributed by atoms with E-state index in [-0.39, 0.29) is 24.7 Å². The predicted molar refractivity (Wildman–Crippen MR) is 73.0 cm³/mol. The number of Topliss-reactive ketones (excluding diaryl/α,β-unsaturated/α-hetero) is 1. The van der Waals surface area contributed by atoms with Crippen molar-refractivity contribution >= 4 is 23.4 Å². The van der Waals surface area contributed by atoms with Gasteiger partial charge in [-0.1, -0.05) is 11.6 Å². The van der Waals surface area contributed by atoms with E-state index in [1.165, 1.54) is 0 Å². The van der Waals surface area contributed by atoms with Gasteiger partial charge in [0, 0.05) is 18.4 Å².